The maximum atomic E-state index is 6.53. The number of nitrogens with zero attached hydrogens (tertiary/aromatic N) is 1. The third kappa shape index (κ3) is 3.25. The van der Waals surface area contributed by atoms with Crippen LogP contribution in [-0.2, 0) is 0 Å². The van der Waals surface area contributed by atoms with Crippen molar-refractivity contribution in [1.82, 2.24) is 4.90 Å². The van der Waals surface area contributed by atoms with Crippen LogP contribution in [-0.4, -0.2) is 37.7 Å². The Balaban J connectivity index is 3.16. The number of likely N-dealkylation sites (N-methyl/N-ethyl adjacent to an activating group) is 1. The molecule has 0 radical (unpaired) electrons. The van der Waals surface area contributed by atoms with Crippen LogP contribution in [0.15, 0.2) is 18.2 Å². The lowest BCUT2D eigenvalue weighted by molar-refractivity contribution is 0.106. The lowest BCUT2D eigenvalue weighted by Crippen LogP contribution is -2.51. The molecule has 1 rings (SSSR count). The highest BCUT2D eigenvalue weighted by Crippen LogP contribution is 2.35. The maximum absolute atomic E-state index is 6.53. The minimum atomic E-state index is -0.147. The van der Waals surface area contributed by atoms with Gasteiger partial charge >= 0.3 is 0 Å². The fraction of sp³-hybridized carbons (Fsp3) is 0.625. The molecule has 1 atom stereocenters. The normalized spacial score (nSPS) is 13.4. The van der Waals surface area contributed by atoms with E-state index < -0.39 is 0 Å². The molecule has 4 heteroatoms. The third-order valence-corrected chi connectivity index (χ3v) is 4.12. The predicted octanol–water partition coefficient (Wildman–Crippen LogP) is 2.82. The highest BCUT2D eigenvalue weighted by atomic mass is 16.5. The van der Waals surface area contributed by atoms with E-state index in [1.807, 2.05) is 18.2 Å². The zero-order valence-electron chi connectivity index (χ0n) is 13.6. The lowest BCUT2D eigenvalue weighted by atomic mass is 9.87. The summed E-state index contributed by atoms with van der Waals surface area (Å²) in [7, 11) is 3.31. The second-order valence-corrected chi connectivity index (χ2v) is 5.41. The smallest absolute Gasteiger partial charge is 0.127 e. The average Bonchev–Trinajstić information content (AvgIpc) is 2.46. The molecule has 0 saturated carbocycles. The first-order valence-corrected chi connectivity index (χ1v) is 7.14. The molecule has 0 aliphatic carbocycles. The van der Waals surface area contributed by atoms with Crippen LogP contribution in [0.25, 0.3) is 0 Å². The number of nitrogens with two attached hydrogens (primary N) is 1. The van der Waals surface area contributed by atoms with Crippen LogP contribution in [0.2, 0.25) is 0 Å². The Morgan fingerprint density at radius 1 is 1.15 bits per heavy atom. The first-order valence-electron chi connectivity index (χ1n) is 7.14. The Morgan fingerprint density at radius 2 is 1.75 bits per heavy atom. The highest BCUT2D eigenvalue weighted by molar-refractivity contribution is 5.43. The molecule has 114 valence electrons. The van der Waals surface area contributed by atoms with Gasteiger partial charge in [-0.05, 0) is 33.0 Å². The van der Waals surface area contributed by atoms with Crippen molar-refractivity contribution in [1.29, 1.82) is 0 Å². The molecule has 1 aromatic carbocycles. The second-order valence-electron chi connectivity index (χ2n) is 5.41. The summed E-state index contributed by atoms with van der Waals surface area (Å²) >= 11 is 0. The van der Waals surface area contributed by atoms with Gasteiger partial charge < -0.3 is 15.2 Å². The van der Waals surface area contributed by atoms with Gasteiger partial charge in [-0.1, -0.05) is 19.9 Å². The summed E-state index contributed by atoms with van der Waals surface area (Å²) in [6.45, 7) is 10.6. The number of hydrogen-bond donors (Lipinski definition) is 1. The van der Waals surface area contributed by atoms with Gasteiger partial charge in [-0.3, -0.25) is 4.90 Å². The SMILES string of the molecule is CCN(CC)C(C)(C)C(N)c1ccc(OC)cc1OC. The molecule has 0 aromatic heterocycles. The Kier molecular flexibility index (Phi) is 5.84. The van der Waals surface area contributed by atoms with Crippen LogP contribution in [0, 0.1) is 0 Å². The average molecular weight is 280 g/mol. The van der Waals surface area contributed by atoms with Crippen molar-refractivity contribution in [2.75, 3.05) is 27.3 Å². The number of benzene rings is 1. The number of methoxy groups -OCH3 is 2. The van der Waals surface area contributed by atoms with E-state index >= 15 is 0 Å². The molecule has 0 heterocycles. The van der Waals surface area contributed by atoms with Crippen LogP contribution in [0.3, 0.4) is 0 Å². The van der Waals surface area contributed by atoms with Gasteiger partial charge in [0.05, 0.1) is 20.3 Å². The van der Waals surface area contributed by atoms with E-state index in [0.717, 1.165) is 30.2 Å². The van der Waals surface area contributed by atoms with Gasteiger partial charge in [0.2, 0.25) is 0 Å². The van der Waals surface area contributed by atoms with Crippen LogP contribution < -0.4 is 15.2 Å². The van der Waals surface area contributed by atoms with Gasteiger partial charge in [-0.25, -0.2) is 0 Å². The molecular formula is C16H28N2O2. The Hall–Kier alpha value is -1.26. The van der Waals surface area contributed by atoms with Gasteiger partial charge in [-0.15, -0.1) is 0 Å². The predicted molar refractivity (Wildman–Crippen MR) is 83.5 cm³/mol. The molecule has 4 nitrogen and oxygen atoms in total. The fourth-order valence-electron chi connectivity index (χ4n) is 2.69. The zero-order chi connectivity index (χ0) is 15.3. The zero-order valence-corrected chi connectivity index (χ0v) is 13.6. The van der Waals surface area contributed by atoms with E-state index in [1.54, 1.807) is 14.2 Å². The van der Waals surface area contributed by atoms with Crippen molar-refractivity contribution in [3.63, 3.8) is 0 Å². The number of hydrogen-bond acceptors (Lipinski definition) is 4. The maximum Gasteiger partial charge on any atom is 0.127 e. The largest absolute Gasteiger partial charge is 0.497 e. The molecule has 0 aliphatic heterocycles. The first kappa shape index (κ1) is 16.8. The van der Waals surface area contributed by atoms with Crippen LogP contribution >= 0.6 is 0 Å². The van der Waals surface area contributed by atoms with E-state index in [4.69, 9.17) is 15.2 Å². The summed E-state index contributed by atoms with van der Waals surface area (Å²) in [5.41, 5.74) is 7.39. The quantitative estimate of drug-likeness (QED) is 0.834. The Bertz CT molecular complexity index is 428. The first-order chi connectivity index (χ1) is 9.42. The molecule has 0 aliphatic rings. The molecule has 2 N–H and O–H groups in total. The van der Waals surface area contributed by atoms with Crippen LogP contribution in [0.4, 0.5) is 0 Å². The molecule has 0 fully saturated rings. The van der Waals surface area contributed by atoms with E-state index in [-0.39, 0.29) is 11.6 Å². The van der Waals surface area contributed by atoms with Crippen LogP contribution in [0.5, 0.6) is 11.5 Å². The summed E-state index contributed by atoms with van der Waals surface area (Å²) in [6, 6.07) is 5.67. The summed E-state index contributed by atoms with van der Waals surface area (Å²) in [4.78, 5) is 2.36. The van der Waals surface area contributed by atoms with Crippen molar-refractivity contribution in [2.45, 2.75) is 39.3 Å². The van der Waals surface area contributed by atoms with E-state index in [0.29, 0.717) is 0 Å². The van der Waals surface area contributed by atoms with Crippen molar-refractivity contribution in [2.24, 2.45) is 5.73 Å². The van der Waals surface area contributed by atoms with Crippen LogP contribution in [0.1, 0.15) is 39.3 Å². The molecule has 0 bridgehead atoms. The molecule has 0 spiro atoms. The Labute approximate surface area is 122 Å². The third-order valence-electron chi connectivity index (χ3n) is 4.12. The topological polar surface area (TPSA) is 47.7 Å². The minimum absolute atomic E-state index is 0.136. The standard InChI is InChI=1S/C16H28N2O2/c1-7-18(8-2)16(3,4)15(17)13-10-9-12(19-5)11-14(13)20-6/h9-11,15H,7-8,17H2,1-6H3. The van der Waals surface area contributed by atoms with E-state index in [9.17, 15) is 0 Å². The molecule has 20 heavy (non-hydrogen) atoms. The monoisotopic (exact) mass is 280 g/mol. The minimum Gasteiger partial charge on any atom is -0.497 e. The number of ether oxygens (including phenoxy) is 2. The highest BCUT2D eigenvalue weighted by Gasteiger charge is 2.34. The molecule has 0 saturated heterocycles. The van der Waals surface area contributed by atoms with Crippen molar-refractivity contribution in [3.8, 4) is 11.5 Å². The van der Waals surface area contributed by atoms with Crippen molar-refractivity contribution < 1.29 is 9.47 Å². The van der Waals surface area contributed by atoms with Crippen molar-refractivity contribution >= 4 is 0 Å². The van der Waals surface area contributed by atoms with Gasteiger partial charge in [0.15, 0.2) is 0 Å². The van der Waals surface area contributed by atoms with Crippen molar-refractivity contribution in [3.05, 3.63) is 23.8 Å². The second kappa shape index (κ2) is 6.95. The van der Waals surface area contributed by atoms with E-state index in [2.05, 4.69) is 32.6 Å². The van der Waals surface area contributed by atoms with Gasteiger partial charge in [0, 0.05) is 17.2 Å². The van der Waals surface area contributed by atoms with Gasteiger partial charge in [0.1, 0.15) is 11.5 Å². The molecule has 1 unspecified atom stereocenters. The van der Waals surface area contributed by atoms with Gasteiger partial charge in [0.25, 0.3) is 0 Å². The van der Waals surface area contributed by atoms with Gasteiger partial charge in [-0.2, -0.15) is 0 Å². The number of rotatable bonds is 7. The summed E-state index contributed by atoms with van der Waals surface area (Å²) in [5.74, 6) is 1.55. The van der Waals surface area contributed by atoms with E-state index in [1.165, 1.54) is 0 Å². The summed E-state index contributed by atoms with van der Waals surface area (Å²) in [6.07, 6.45) is 0. The Morgan fingerprint density at radius 3 is 2.20 bits per heavy atom. The molecule has 0 amide bonds. The fourth-order valence-corrected chi connectivity index (χ4v) is 2.69. The summed E-state index contributed by atoms with van der Waals surface area (Å²) in [5, 5.41) is 0. The molecule has 1 aromatic rings. The summed E-state index contributed by atoms with van der Waals surface area (Å²) < 4.78 is 10.7. The molecular weight excluding hydrogens is 252 g/mol. The lowest BCUT2D eigenvalue weighted by Gasteiger charge is -2.42.